The van der Waals surface area contributed by atoms with Crippen LogP contribution in [0.3, 0.4) is 0 Å². The van der Waals surface area contributed by atoms with Crippen LogP contribution in [0, 0.1) is 0 Å². The monoisotopic (exact) mass is 353 g/mol. The summed E-state index contributed by atoms with van der Waals surface area (Å²) in [6.45, 7) is -1.09. The molecule has 0 N–H and O–H groups in total. The molecule has 0 aromatic heterocycles. The fourth-order valence-corrected chi connectivity index (χ4v) is 2.48. The number of benzene rings is 1. The van der Waals surface area contributed by atoms with Crippen LogP contribution in [0.15, 0.2) is 29.2 Å². The first kappa shape index (κ1) is 17.9. The van der Waals surface area contributed by atoms with Gasteiger partial charge in [-0.15, -0.1) is 4.52 Å². The van der Waals surface area contributed by atoms with Crippen LogP contribution in [-0.4, -0.2) is 21.4 Å². The summed E-state index contributed by atoms with van der Waals surface area (Å²) in [7, 11) is -6.34. The van der Waals surface area contributed by atoms with Crippen molar-refractivity contribution in [1.82, 2.24) is 0 Å². The molecule has 0 saturated carbocycles. The molecule has 0 saturated heterocycles. The second-order valence-corrected chi connectivity index (χ2v) is 5.52. The molecule has 0 bridgehead atoms. The van der Waals surface area contributed by atoms with Gasteiger partial charge < -0.3 is 0 Å². The third-order valence-corrected chi connectivity index (χ3v) is 3.71. The van der Waals surface area contributed by atoms with Gasteiger partial charge in [0.15, 0.2) is 0 Å². The highest BCUT2D eigenvalue weighted by Gasteiger charge is 2.60. The van der Waals surface area contributed by atoms with Gasteiger partial charge in [-0.3, -0.25) is 0 Å². The van der Waals surface area contributed by atoms with E-state index in [-0.39, 0.29) is 0 Å². The maximum Gasteiger partial charge on any atom is 0.496 e. The second-order valence-electron chi connectivity index (χ2n) is 3.49. The molecule has 0 aliphatic carbocycles. The highest BCUT2D eigenvalue weighted by molar-refractivity contribution is 7.86. The SMILES string of the molecule is O=[PH+]OCOS(=O)(=O)c1ccccc1C(F)(F)C(F)(F)F. The zero-order chi connectivity index (χ0) is 16.3. The van der Waals surface area contributed by atoms with Crippen molar-refractivity contribution in [2.24, 2.45) is 0 Å². The summed E-state index contributed by atoms with van der Waals surface area (Å²) in [5.41, 5.74) is -1.78. The molecule has 0 amide bonds. The Labute approximate surface area is 117 Å². The van der Waals surface area contributed by atoms with E-state index < -0.39 is 48.2 Å². The second kappa shape index (κ2) is 6.30. The average Bonchev–Trinajstić information content (AvgIpc) is 2.37. The molecule has 0 heterocycles. The van der Waals surface area contributed by atoms with Crippen molar-refractivity contribution in [3.63, 3.8) is 0 Å². The number of alkyl halides is 5. The van der Waals surface area contributed by atoms with E-state index in [4.69, 9.17) is 0 Å². The summed E-state index contributed by atoms with van der Waals surface area (Å²) < 4.78 is 105. The number of hydrogen-bond donors (Lipinski definition) is 0. The van der Waals surface area contributed by atoms with Crippen LogP contribution in [0.25, 0.3) is 0 Å². The largest absolute Gasteiger partial charge is 0.496 e. The highest BCUT2D eigenvalue weighted by Crippen LogP contribution is 2.46. The molecule has 1 atom stereocenters. The zero-order valence-corrected chi connectivity index (χ0v) is 11.7. The van der Waals surface area contributed by atoms with Crippen molar-refractivity contribution in [3.05, 3.63) is 29.8 Å². The Morgan fingerprint density at radius 1 is 1.10 bits per heavy atom. The standard InChI is InChI=1S/C9H7F5O5PS/c10-8(11,9(12,13)14)6-3-1-2-4-7(6)21(16,17)19-5-18-20-15/h1-4,20H,5H2/q+1. The smallest absolute Gasteiger partial charge is 0.232 e. The van der Waals surface area contributed by atoms with E-state index in [0.29, 0.717) is 12.1 Å². The molecular weight excluding hydrogens is 346 g/mol. The predicted molar refractivity (Wildman–Crippen MR) is 59.6 cm³/mol. The van der Waals surface area contributed by atoms with Gasteiger partial charge in [-0.25, -0.2) is 4.18 Å². The minimum absolute atomic E-state index is 0.319. The topological polar surface area (TPSA) is 69.7 Å². The van der Waals surface area contributed by atoms with Gasteiger partial charge in [-0.2, -0.15) is 30.4 Å². The van der Waals surface area contributed by atoms with Crippen LogP contribution in [-0.2, 0) is 29.3 Å². The molecule has 1 rings (SSSR count). The molecule has 0 spiro atoms. The third-order valence-electron chi connectivity index (χ3n) is 2.17. The molecule has 12 heteroatoms. The number of hydrogen-bond acceptors (Lipinski definition) is 5. The fourth-order valence-electron chi connectivity index (χ4n) is 1.27. The van der Waals surface area contributed by atoms with E-state index >= 15 is 0 Å². The van der Waals surface area contributed by atoms with Crippen molar-refractivity contribution in [2.45, 2.75) is 17.0 Å². The van der Waals surface area contributed by atoms with Crippen molar-refractivity contribution in [2.75, 3.05) is 6.79 Å². The van der Waals surface area contributed by atoms with Crippen LogP contribution in [0.1, 0.15) is 5.56 Å². The molecule has 5 nitrogen and oxygen atoms in total. The van der Waals surface area contributed by atoms with Crippen LogP contribution in [0.4, 0.5) is 22.0 Å². The Balaban J connectivity index is 3.31. The predicted octanol–water partition coefficient (Wildman–Crippen LogP) is 2.96. The molecule has 1 unspecified atom stereocenters. The van der Waals surface area contributed by atoms with Crippen molar-refractivity contribution >= 4 is 18.8 Å². The summed E-state index contributed by atoms with van der Waals surface area (Å²) in [5.74, 6) is -5.39. The van der Waals surface area contributed by atoms with Crippen LogP contribution in [0.2, 0.25) is 0 Å². The molecule has 1 aromatic rings. The number of rotatable bonds is 6. The molecule has 1 aromatic carbocycles. The Kier molecular flexibility index (Phi) is 5.37. The maximum absolute atomic E-state index is 13.3. The van der Waals surface area contributed by atoms with Crippen molar-refractivity contribution < 1.29 is 43.6 Å². The van der Waals surface area contributed by atoms with Gasteiger partial charge in [0.1, 0.15) is 4.90 Å². The summed E-state index contributed by atoms with van der Waals surface area (Å²) in [6, 6.07) is 2.62. The molecule has 0 aliphatic heterocycles. The molecule has 21 heavy (non-hydrogen) atoms. The normalized spacial score (nSPS) is 13.6. The van der Waals surface area contributed by atoms with Crippen molar-refractivity contribution in [3.8, 4) is 0 Å². The summed E-state index contributed by atoms with van der Waals surface area (Å²) >= 11 is 0. The minimum atomic E-state index is -5.98. The first-order valence-corrected chi connectivity index (χ1v) is 7.19. The average molecular weight is 353 g/mol. The first-order chi connectivity index (χ1) is 9.54. The molecule has 118 valence electrons. The lowest BCUT2D eigenvalue weighted by atomic mass is 10.1. The lowest BCUT2D eigenvalue weighted by molar-refractivity contribution is -0.290. The van der Waals surface area contributed by atoms with Crippen LogP contribution < -0.4 is 0 Å². The van der Waals surface area contributed by atoms with Crippen LogP contribution in [0.5, 0.6) is 0 Å². The summed E-state index contributed by atoms with van der Waals surface area (Å²) in [4.78, 5) is -1.36. The zero-order valence-electron chi connectivity index (χ0n) is 9.86. The van der Waals surface area contributed by atoms with Crippen LogP contribution >= 0.6 is 8.69 Å². The lowest BCUT2D eigenvalue weighted by Gasteiger charge is -2.21. The van der Waals surface area contributed by atoms with Gasteiger partial charge in [-0.05, 0) is 10.6 Å². The lowest BCUT2D eigenvalue weighted by Crippen LogP contribution is -2.35. The van der Waals surface area contributed by atoms with E-state index in [1.54, 1.807) is 0 Å². The van der Waals surface area contributed by atoms with E-state index in [9.17, 15) is 34.9 Å². The summed E-state index contributed by atoms with van der Waals surface area (Å²) in [5, 5.41) is 0. The number of halogens is 5. The van der Waals surface area contributed by atoms with Crippen molar-refractivity contribution in [1.29, 1.82) is 0 Å². The van der Waals surface area contributed by atoms with Gasteiger partial charge >= 0.3 is 20.8 Å². The Morgan fingerprint density at radius 2 is 1.67 bits per heavy atom. The van der Waals surface area contributed by atoms with Gasteiger partial charge in [0.2, 0.25) is 6.79 Å². The molecule has 0 aliphatic rings. The fraction of sp³-hybridized carbons (Fsp3) is 0.333. The molecular formula is C9H7F5O5PS+. The minimum Gasteiger partial charge on any atom is -0.232 e. The van der Waals surface area contributed by atoms with Gasteiger partial charge in [0.05, 0.1) is 5.56 Å². The Morgan fingerprint density at radius 3 is 2.19 bits per heavy atom. The maximum atomic E-state index is 13.3. The Bertz CT molecular complexity index is 615. The van der Waals surface area contributed by atoms with E-state index in [1.807, 2.05) is 0 Å². The third kappa shape index (κ3) is 3.94. The quantitative estimate of drug-likeness (QED) is 0.259. The molecule has 0 radical (unpaired) electrons. The first-order valence-electron chi connectivity index (χ1n) is 4.96. The summed E-state index contributed by atoms with van der Waals surface area (Å²) in [6.07, 6.45) is -5.98. The highest BCUT2D eigenvalue weighted by atomic mass is 32.2. The molecule has 0 fully saturated rings. The van der Waals surface area contributed by atoms with Gasteiger partial charge in [0, 0.05) is 0 Å². The van der Waals surface area contributed by atoms with Gasteiger partial charge in [-0.1, -0.05) is 18.2 Å². The van der Waals surface area contributed by atoms with E-state index in [1.165, 1.54) is 0 Å². The van der Waals surface area contributed by atoms with E-state index in [0.717, 1.165) is 12.1 Å². The Hall–Kier alpha value is -1.16. The van der Waals surface area contributed by atoms with Gasteiger partial charge in [0.25, 0.3) is 10.1 Å². The van der Waals surface area contributed by atoms with E-state index in [2.05, 4.69) is 8.71 Å².